The molecule has 0 radical (unpaired) electrons. The van der Waals surface area contributed by atoms with Crippen LogP contribution in [0.4, 0.5) is 0 Å². The lowest BCUT2D eigenvalue weighted by Crippen LogP contribution is -2.67. The first kappa shape index (κ1) is 24.0. The molecule has 4 aliphatic rings. The second-order valence-electron chi connectivity index (χ2n) is 10.5. The number of carbonyl (C=O) groups is 2. The van der Waals surface area contributed by atoms with Gasteiger partial charge in [-0.25, -0.2) is 9.78 Å². The summed E-state index contributed by atoms with van der Waals surface area (Å²) in [5.41, 5.74) is 6.56. The van der Waals surface area contributed by atoms with Crippen molar-refractivity contribution in [2.75, 3.05) is 13.7 Å². The number of rotatable bonds is 8. The van der Waals surface area contributed by atoms with Gasteiger partial charge in [0.25, 0.3) is 0 Å². The molecule has 1 fully saturated rings. The number of aromatic nitrogens is 2. The Hall–Kier alpha value is -3.37. The van der Waals surface area contributed by atoms with Crippen molar-refractivity contribution >= 4 is 11.9 Å². The van der Waals surface area contributed by atoms with Gasteiger partial charge in [-0.15, -0.1) is 0 Å². The summed E-state index contributed by atoms with van der Waals surface area (Å²) in [5.74, 6) is 0.724. The van der Waals surface area contributed by atoms with E-state index in [1.54, 1.807) is 19.4 Å². The maximum Gasteiger partial charge on any atom is 0.334 e. The Balaban J connectivity index is 1.35. The maximum atomic E-state index is 13.5. The number of carbonyl (C=O) groups excluding carboxylic acids is 2. The highest BCUT2D eigenvalue weighted by molar-refractivity contribution is 5.85. The maximum absolute atomic E-state index is 13.5. The van der Waals surface area contributed by atoms with Crippen LogP contribution in [0.2, 0.25) is 0 Å². The van der Waals surface area contributed by atoms with E-state index in [1.807, 2.05) is 6.07 Å². The second kappa shape index (κ2) is 8.88. The molecule has 6 rings (SSSR count). The van der Waals surface area contributed by atoms with E-state index >= 15 is 0 Å². The molecule has 5 atom stereocenters. The summed E-state index contributed by atoms with van der Waals surface area (Å²) in [7, 11) is 1.60. The van der Waals surface area contributed by atoms with Crippen LogP contribution in [-0.2, 0) is 32.6 Å². The predicted octanol–water partition coefficient (Wildman–Crippen LogP) is 1.41. The quantitative estimate of drug-likeness (QED) is 0.391. The Kier molecular flexibility index (Phi) is 5.76. The van der Waals surface area contributed by atoms with E-state index in [4.69, 9.17) is 19.9 Å². The number of amides is 1. The van der Waals surface area contributed by atoms with Crippen molar-refractivity contribution in [3.05, 3.63) is 53.3 Å². The minimum Gasteiger partial charge on any atom is -0.493 e. The number of aromatic amines is 1. The van der Waals surface area contributed by atoms with Gasteiger partial charge in [-0.1, -0.05) is 12.5 Å². The van der Waals surface area contributed by atoms with Crippen molar-refractivity contribution in [3.8, 4) is 11.5 Å². The summed E-state index contributed by atoms with van der Waals surface area (Å²) in [6, 6.07) is 3.02. The zero-order valence-corrected chi connectivity index (χ0v) is 20.8. The molecule has 10 heteroatoms. The lowest BCUT2D eigenvalue weighted by molar-refractivity contribution is -0.161. The van der Waals surface area contributed by atoms with E-state index in [0.717, 1.165) is 36.8 Å². The Labute approximate surface area is 214 Å². The zero-order chi connectivity index (χ0) is 25.8. The fraction of sp³-hybridized carbons (Fsp3) is 0.519. The van der Waals surface area contributed by atoms with Gasteiger partial charge in [-0.2, -0.15) is 0 Å². The minimum atomic E-state index is -1.000. The van der Waals surface area contributed by atoms with Crippen LogP contribution < -0.4 is 20.5 Å². The van der Waals surface area contributed by atoms with Gasteiger partial charge in [0, 0.05) is 31.1 Å². The molecule has 0 saturated heterocycles. The molecule has 0 unspecified atom stereocenters. The van der Waals surface area contributed by atoms with Crippen molar-refractivity contribution in [1.29, 1.82) is 0 Å². The van der Waals surface area contributed by atoms with Crippen molar-refractivity contribution in [2.24, 2.45) is 11.7 Å². The minimum absolute atomic E-state index is 0.0915. The van der Waals surface area contributed by atoms with Gasteiger partial charge in [0.15, 0.2) is 17.6 Å². The van der Waals surface area contributed by atoms with Gasteiger partial charge >= 0.3 is 5.97 Å². The van der Waals surface area contributed by atoms with Crippen molar-refractivity contribution in [2.45, 2.75) is 68.1 Å². The van der Waals surface area contributed by atoms with Crippen LogP contribution >= 0.6 is 0 Å². The van der Waals surface area contributed by atoms with E-state index in [9.17, 15) is 14.7 Å². The van der Waals surface area contributed by atoms with E-state index < -0.39 is 29.1 Å². The Morgan fingerprint density at radius 1 is 1.41 bits per heavy atom. The monoisotopic (exact) mass is 508 g/mol. The molecule has 2 bridgehead atoms. The van der Waals surface area contributed by atoms with Crippen LogP contribution in [0.1, 0.15) is 48.9 Å². The predicted molar refractivity (Wildman–Crippen MR) is 132 cm³/mol. The van der Waals surface area contributed by atoms with Crippen molar-refractivity contribution < 1.29 is 28.9 Å². The van der Waals surface area contributed by atoms with Gasteiger partial charge < -0.3 is 35.4 Å². The number of hydrogen-bond acceptors (Lipinski definition) is 8. The molecule has 37 heavy (non-hydrogen) atoms. The third-order valence-corrected chi connectivity index (χ3v) is 8.65. The van der Waals surface area contributed by atoms with Crippen LogP contribution in [-0.4, -0.2) is 58.4 Å². The van der Waals surface area contributed by atoms with E-state index in [2.05, 4.69) is 21.4 Å². The summed E-state index contributed by atoms with van der Waals surface area (Å²) < 4.78 is 18.2. The Bertz CT molecular complexity index is 1260. The van der Waals surface area contributed by atoms with Crippen LogP contribution in [0.5, 0.6) is 11.5 Å². The largest absolute Gasteiger partial charge is 0.493 e. The highest BCUT2D eigenvalue weighted by Crippen LogP contribution is 2.67. The average molecular weight is 509 g/mol. The number of H-pyrrole nitrogens is 1. The number of methoxy groups -OCH3 is 1. The SMILES string of the molecule is COc1ccc2c3c1O[C@@H]1C(OC(=O)[C@H](Cc4c[nH]cn4)NC(=O)CCN)=CC[C@]4(O)[C@@H](CCC[C@@]314)C2. The van der Waals surface area contributed by atoms with E-state index in [-0.39, 0.29) is 31.2 Å². The lowest BCUT2D eigenvalue weighted by Gasteiger charge is -2.59. The molecule has 1 spiro atoms. The normalized spacial score (nSPS) is 29.4. The van der Waals surface area contributed by atoms with Crippen LogP contribution in [0.25, 0.3) is 0 Å². The van der Waals surface area contributed by atoms with Gasteiger partial charge in [0.05, 0.1) is 30.1 Å². The second-order valence-corrected chi connectivity index (χ2v) is 10.5. The molecule has 2 aromatic rings. The van der Waals surface area contributed by atoms with Crippen molar-refractivity contribution in [3.63, 3.8) is 0 Å². The van der Waals surface area contributed by atoms with Gasteiger partial charge in [-0.3, -0.25) is 4.79 Å². The fourth-order valence-corrected chi connectivity index (χ4v) is 7.07. The molecule has 1 saturated carbocycles. The number of ether oxygens (including phenoxy) is 3. The number of nitrogens with one attached hydrogen (secondary N) is 2. The molecule has 2 heterocycles. The smallest absolute Gasteiger partial charge is 0.334 e. The summed E-state index contributed by atoms with van der Waals surface area (Å²) in [6.07, 6.45) is 8.29. The first-order valence-electron chi connectivity index (χ1n) is 12.9. The highest BCUT2D eigenvalue weighted by Gasteiger charge is 2.71. The topological polar surface area (TPSA) is 149 Å². The van der Waals surface area contributed by atoms with Gasteiger partial charge in [-0.05, 0) is 49.3 Å². The third kappa shape index (κ3) is 3.49. The molecule has 5 N–H and O–H groups in total. The number of benzene rings is 1. The molecule has 10 nitrogen and oxygen atoms in total. The van der Waals surface area contributed by atoms with Crippen LogP contribution in [0, 0.1) is 5.92 Å². The fourth-order valence-electron chi connectivity index (χ4n) is 7.07. The highest BCUT2D eigenvalue weighted by atomic mass is 16.6. The number of hydrogen-bond donors (Lipinski definition) is 4. The summed E-state index contributed by atoms with van der Waals surface area (Å²) >= 11 is 0. The number of esters is 1. The summed E-state index contributed by atoms with van der Waals surface area (Å²) in [6.45, 7) is 0.168. The summed E-state index contributed by atoms with van der Waals surface area (Å²) in [5, 5.41) is 14.9. The first-order valence-corrected chi connectivity index (χ1v) is 12.9. The molecular weight excluding hydrogens is 476 g/mol. The number of nitrogens with zero attached hydrogens (tertiary/aromatic N) is 1. The Morgan fingerprint density at radius 3 is 3.03 bits per heavy atom. The van der Waals surface area contributed by atoms with Crippen LogP contribution in [0.3, 0.4) is 0 Å². The van der Waals surface area contributed by atoms with E-state index in [1.165, 1.54) is 6.33 Å². The molecule has 1 aromatic heterocycles. The number of nitrogens with two attached hydrogens (primary N) is 1. The van der Waals surface area contributed by atoms with Crippen molar-refractivity contribution in [1.82, 2.24) is 15.3 Å². The zero-order valence-electron chi connectivity index (χ0n) is 20.8. The molecule has 1 aromatic carbocycles. The van der Waals surface area contributed by atoms with Gasteiger partial charge in [0.2, 0.25) is 5.91 Å². The molecular formula is C27H32N4O6. The third-order valence-electron chi connectivity index (χ3n) is 8.65. The first-order chi connectivity index (χ1) is 17.9. The Morgan fingerprint density at radius 2 is 2.27 bits per heavy atom. The van der Waals surface area contributed by atoms with Crippen LogP contribution in [0.15, 0.2) is 36.5 Å². The lowest BCUT2D eigenvalue weighted by atomic mass is 9.47. The number of imidazole rings is 1. The number of aliphatic hydroxyl groups is 1. The summed E-state index contributed by atoms with van der Waals surface area (Å²) in [4.78, 5) is 32.9. The molecule has 3 aliphatic carbocycles. The molecule has 196 valence electrons. The molecule has 1 aliphatic heterocycles. The van der Waals surface area contributed by atoms with E-state index in [0.29, 0.717) is 29.4 Å². The van der Waals surface area contributed by atoms with Gasteiger partial charge in [0.1, 0.15) is 11.8 Å². The standard InChI is InChI=1S/C27H32N4O6/c1-35-19-5-4-15-11-16-3-2-8-26-22(15)23(19)37-24(26)20(6-9-27(16,26)34)36-25(33)18(31-21(32)7-10-28)12-17-13-29-14-30-17/h4-6,13-14,16,18,24,34H,2-3,7-12,28H2,1H3,(H,29,30)(H,31,32)/t16-,18-,24+,26+,27-/m0/s1. The average Bonchev–Trinajstić information content (AvgIpc) is 3.50. The molecule has 1 amide bonds.